The molecule has 1 aromatic carbocycles. The lowest BCUT2D eigenvalue weighted by molar-refractivity contribution is 1.09. The quantitative estimate of drug-likeness (QED) is 0.310. The van der Waals surface area contributed by atoms with Crippen molar-refractivity contribution in [3.63, 3.8) is 0 Å². The van der Waals surface area contributed by atoms with Gasteiger partial charge in [-0.3, -0.25) is 4.99 Å². The van der Waals surface area contributed by atoms with Crippen molar-refractivity contribution in [3.05, 3.63) is 29.3 Å². The fraction of sp³-hybridized carbons (Fsp3) is 0.524. The van der Waals surface area contributed by atoms with E-state index in [1.54, 1.807) is 12.3 Å². The summed E-state index contributed by atoms with van der Waals surface area (Å²) >= 11 is 0. The van der Waals surface area contributed by atoms with Gasteiger partial charge in [-0.25, -0.2) is 0 Å². The van der Waals surface area contributed by atoms with Gasteiger partial charge in [0.2, 0.25) is 0 Å². The Kier molecular flexibility index (Phi) is 22.1. The molecule has 0 aromatic heterocycles. The van der Waals surface area contributed by atoms with Crippen molar-refractivity contribution in [2.24, 2.45) is 4.99 Å². The van der Waals surface area contributed by atoms with Crippen LogP contribution in [-0.4, -0.2) is 19.0 Å². The van der Waals surface area contributed by atoms with E-state index in [2.05, 4.69) is 37.2 Å². The summed E-state index contributed by atoms with van der Waals surface area (Å²) in [7, 11) is 0. The second-order valence-electron chi connectivity index (χ2n) is 4.73. The van der Waals surface area contributed by atoms with Crippen molar-refractivity contribution in [2.75, 3.05) is 17.6 Å². The van der Waals surface area contributed by atoms with E-state index in [0.717, 1.165) is 17.9 Å². The Labute approximate surface area is 156 Å². The van der Waals surface area contributed by atoms with Crippen LogP contribution in [-0.2, 0) is 0 Å². The lowest BCUT2D eigenvalue weighted by Gasteiger charge is -2.12. The summed E-state index contributed by atoms with van der Waals surface area (Å²) in [5.74, 6) is 0. The molecule has 0 aliphatic heterocycles. The maximum absolute atomic E-state index is 7.32. The summed E-state index contributed by atoms with van der Waals surface area (Å²) in [5, 5.41) is 10.6. The number of benzene rings is 1. The smallest absolute Gasteiger partial charge is 0.0877 e. The van der Waals surface area contributed by atoms with Gasteiger partial charge in [-0.15, -0.1) is 0 Å². The van der Waals surface area contributed by atoms with Crippen LogP contribution in [0.15, 0.2) is 28.8 Å². The van der Waals surface area contributed by atoms with E-state index < -0.39 is 0 Å². The number of aliphatic imine (C=N–C) groups is 1. The Hall–Kier alpha value is -2.10. The second-order valence-corrected chi connectivity index (χ2v) is 4.73. The molecule has 0 spiro atoms. The molecule has 0 fully saturated rings. The molecule has 0 aliphatic carbocycles. The molecule has 0 saturated heterocycles. The highest BCUT2D eigenvalue weighted by atomic mass is 14.9. The normalized spacial score (nSPS) is 9.72. The van der Waals surface area contributed by atoms with Crippen LogP contribution in [0.4, 0.5) is 17.1 Å². The van der Waals surface area contributed by atoms with E-state index in [9.17, 15) is 0 Å². The first-order chi connectivity index (χ1) is 12.0. The zero-order valence-corrected chi connectivity index (χ0v) is 17.8. The lowest BCUT2D eigenvalue weighted by Crippen LogP contribution is -2.04. The topological polar surface area (TPSA) is 74.3 Å². The van der Waals surface area contributed by atoms with Crippen LogP contribution in [0.2, 0.25) is 0 Å². The summed E-state index contributed by atoms with van der Waals surface area (Å²) in [5.41, 5.74) is 10.0. The Morgan fingerprint density at radius 1 is 1.16 bits per heavy atom. The molecular formula is C21H40N4. The van der Waals surface area contributed by atoms with Gasteiger partial charge in [0.05, 0.1) is 11.4 Å². The highest BCUT2D eigenvalue weighted by molar-refractivity contribution is 5.90. The number of nitrogens with zero attached hydrogens (tertiary/aromatic N) is 1. The van der Waals surface area contributed by atoms with E-state index in [4.69, 9.17) is 11.1 Å². The van der Waals surface area contributed by atoms with Gasteiger partial charge in [-0.1, -0.05) is 59.6 Å². The van der Waals surface area contributed by atoms with Gasteiger partial charge in [0.1, 0.15) is 0 Å². The molecule has 25 heavy (non-hydrogen) atoms. The highest BCUT2D eigenvalue weighted by Crippen LogP contribution is 2.29. The van der Waals surface area contributed by atoms with Gasteiger partial charge in [0, 0.05) is 30.2 Å². The average molecular weight is 349 g/mol. The van der Waals surface area contributed by atoms with Gasteiger partial charge < -0.3 is 16.5 Å². The summed E-state index contributed by atoms with van der Waals surface area (Å²) in [6.07, 6.45) is 6.29. The number of rotatable bonds is 5. The predicted octanol–water partition coefficient (Wildman–Crippen LogP) is 6.84. The van der Waals surface area contributed by atoms with Crippen LogP contribution in [0, 0.1) is 5.41 Å². The first-order valence-electron chi connectivity index (χ1n) is 9.32. The molecular weight excluding hydrogens is 308 g/mol. The van der Waals surface area contributed by atoms with Crippen LogP contribution in [0.3, 0.4) is 0 Å². The first kappa shape index (κ1) is 27.7. The molecule has 1 rings (SSSR count). The molecule has 4 N–H and O–H groups in total. The molecule has 4 nitrogen and oxygen atoms in total. The first-order valence-corrected chi connectivity index (χ1v) is 9.32. The Balaban J connectivity index is -0.000000605. The van der Waals surface area contributed by atoms with E-state index >= 15 is 0 Å². The number of hydrogen-bond acceptors (Lipinski definition) is 4. The van der Waals surface area contributed by atoms with Gasteiger partial charge in [-0.05, 0) is 32.9 Å². The molecule has 0 saturated carbocycles. The number of anilines is 2. The number of nitrogens with two attached hydrogens (primary N) is 1. The summed E-state index contributed by atoms with van der Waals surface area (Å²) in [4.78, 5) is 4.28. The molecule has 0 atom stereocenters. The molecule has 0 aliphatic rings. The molecule has 0 bridgehead atoms. The number of nitrogens with one attached hydrogen (secondary N) is 2. The number of nitrogen functional groups attached to an aromatic ring is 1. The fourth-order valence-corrected chi connectivity index (χ4v) is 1.47. The average Bonchev–Trinajstić information content (AvgIpc) is 2.65. The van der Waals surface area contributed by atoms with E-state index in [-0.39, 0.29) is 0 Å². The van der Waals surface area contributed by atoms with Crippen molar-refractivity contribution >= 4 is 29.5 Å². The predicted molar refractivity (Wildman–Crippen MR) is 119 cm³/mol. The minimum atomic E-state index is 0.568. The Morgan fingerprint density at radius 2 is 1.68 bits per heavy atom. The minimum absolute atomic E-state index is 0.568. The maximum atomic E-state index is 7.32. The van der Waals surface area contributed by atoms with Crippen LogP contribution in [0.25, 0.3) is 0 Å². The summed E-state index contributed by atoms with van der Waals surface area (Å²) in [6.45, 7) is 18.9. The van der Waals surface area contributed by atoms with Crippen molar-refractivity contribution in [1.29, 1.82) is 5.41 Å². The summed E-state index contributed by atoms with van der Waals surface area (Å²) in [6, 6.07) is 3.64. The van der Waals surface area contributed by atoms with E-state index in [0.29, 0.717) is 11.3 Å². The lowest BCUT2D eigenvalue weighted by atomic mass is 10.1. The SMILES string of the molecule is CC.CC.CC=Nc1cc(N)c(C=N)cc1NC/C(C)=C/C.CCC. The van der Waals surface area contributed by atoms with Gasteiger partial charge >= 0.3 is 0 Å². The van der Waals surface area contributed by atoms with Crippen LogP contribution >= 0.6 is 0 Å². The van der Waals surface area contributed by atoms with Crippen LogP contribution in [0.1, 0.15) is 74.3 Å². The molecule has 4 heteroatoms. The van der Waals surface area contributed by atoms with Gasteiger partial charge in [0.15, 0.2) is 0 Å². The van der Waals surface area contributed by atoms with Crippen LogP contribution in [0.5, 0.6) is 0 Å². The zero-order chi connectivity index (χ0) is 20.3. The Morgan fingerprint density at radius 3 is 2.08 bits per heavy atom. The summed E-state index contributed by atoms with van der Waals surface area (Å²) < 4.78 is 0. The Bertz CT molecular complexity index is 503. The van der Waals surface area contributed by atoms with E-state index in [1.807, 2.05) is 47.6 Å². The third-order valence-corrected chi connectivity index (χ3v) is 2.68. The van der Waals surface area contributed by atoms with Crippen molar-refractivity contribution < 1.29 is 0 Å². The van der Waals surface area contributed by atoms with Crippen molar-refractivity contribution in [3.8, 4) is 0 Å². The maximum Gasteiger partial charge on any atom is 0.0877 e. The molecule has 0 heterocycles. The van der Waals surface area contributed by atoms with E-state index in [1.165, 1.54) is 18.2 Å². The standard InChI is InChI=1S/C14H20N4.C3H8.2C2H6/c1-4-10(3)9-18-13-6-11(8-15)12(16)7-14(13)17-5-2;1-3-2;2*1-2/h4-8,15,18H,9,16H2,1-3H3;3H2,1-2H3;2*1-2H3/b10-4+,15-8?,17-5?;;;. The van der Waals surface area contributed by atoms with Gasteiger partial charge in [0.25, 0.3) is 0 Å². The fourth-order valence-electron chi connectivity index (χ4n) is 1.47. The van der Waals surface area contributed by atoms with Crippen molar-refractivity contribution in [1.82, 2.24) is 0 Å². The zero-order valence-electron chi connectivity index (χ0n) is 17.8. The molecule has 144 valence electrons. The number of allylic oxidation sites excluding steroid dienone is 1. The molecule has 0 radical (unpaired) electrons. The van der Waals surface area contributed by atoms with Crippen molar-refractivity contribution in [2.45, 2.75) is 68.7 Å². The molecule has 0 amide bonds. The highest BCUT2D eigenvalue weighted by Gasteiger charge is 2.05. The second kappa shape index (κ2) is 19.9. The monoisotopic (exact) mass is 348 g/mol. The molecule has 0 unspecified atom stereocenters. The number of hydrogen-bond donors (Lipinski definition) is 3. The van der Waals surface area contributed by atoms with Crippen LogP contribution < -0.4 is 11.1 Å². The molecule has 1 aromatic rings. The van der Waals surface area contributed by atoms with Gasteiger partial charge in [-0.2, -0.15) is 0 Å². The minimum Gasteiger partial charge on any atom is -0.398 e. The third-order valence-electron chi connectivity index (χ3n) is 2.68. The third kappa shape index (κ3) is 12.9. The largest absolute Gasteiger partial charge is 0.398 e.